The molecule has 0 spiro atoms. The van der Waals surface area contributed by atoms with Gasteiger partial charge in [0.1, 0.15) is 5.75 Å². The topological polar surface area (TPSA) is 45.1 Å². The summed E-state index contributed by atoms with van der Waals surface area (Å²) in [6.45, 7) is 7.03. The molecule has 0 saturated carbocycles. The van der Waals surface area contributed by atoms with Gasteiger partial charge in [-0.1, -0.05) is 39.0 Å². The van der Waals surface area contributed by atoms with Crippen LogP contribution in [0.5, 0.6) is 5.75 Å². The molecule has 0 saturated heterocycles. The summed E-state index contributed by atoms with van der Waals surface area (Å²) in [6, 6.07) is 7.33. The largest absolute Gasteiger partial charge is 0.508 e. The quantitative estimate of drug-likeness (QED) is 0.885. The van der Waals surface area contributed by atoms with E-state index in [4.69, 9.17) is 0 Å². The number of hydrogen-bond acceptors (Lipinski definition) is 4. The fourth-order valence-corrected chi connectivity index (χ4v) is 2.47. The molecule has 18 heavy (non-hydrogen) atoms. The molecule has 0 amide bonds. The van der Waals surface area contributed by atoms with Gasteiger partial charge in [0.05, 0.1) is 5.69 Å². The predicted octanol–water partition coefficient (Wildman–Crippen LogP) is 3.76. The first-order chi connectivity index (χ1) is 8.47. The third-order valence-corrected chi connectivity index (χ3v) is 3.49. The molecule has 2 aromatic rings. The van der Waals surface area contributed by atoms with Crippen molar-refractivity contribution in [3.05, 3.63) is 40.9 Å². The highest BCUT2D eigenvalue weighted by atomic mass is 32.1. The van der Waals surface area contributed by atoms with Gasteiger partial charge in [-0.15, -0.1) is 11.3 Å². The molecule has 96 valence electrons. The van der Waals surface area contributed by atoms with Crippen molar-refractivity contribution in [2.45, 2.75) is 32.7 Å². The lowest BCUT2D eigenvalue weighted by Gasteiger charge is -2.14. The molecule has 0 aliphatic heterocycles. The first-order valence-corrected chi connectivity index (χ1v) is 6.81. The fourth-order valence-electron chi connectivity index (χ4n) is 1.53. The van der Waals surface area contributed by atoms with E-state index in [0.29, 0.717) is 12.3 Å². The molecule has 0 unspecified atom stereocenters. The number of para-hydroxylation sites is 1. The number of phenolic OH excluding ortho intramolecular Hbond substituents is 1. The van der Waals surface area contributed by atoms with Crippen LogP contribution >= 0.6 is 11.3 Å². The standard InChI is InChI=1S/C14H18N2OS/c1-14(2,3)12-9-18-13(16-12)15-8-10-6-4-5-7-11(10)17/h4-7,9,17H,8H2,1-3H3,(H,15,16). The van der Waals surface area contributed by atoms with E-state index in [0.717, 1.165) is 16.4 Å². The Hall–Kier alpha value is -1.55. The zero-order valence-corrected chi connectivity index (χ0v) is 11.7. The van der Waals surface area contributed by atoms with E-state index in [1.807, 2.05) is 18.2 Å². The average Bonchev–Trinajstić information content (AvgIpc) is 2.76. The molecule has 0 bridgehead atoms. The van der Waals surface area contributed by atoms with E-state index in [1.54, 1.807) is 17.4 Å². The number of thiazole rings is 1. The van der Waals surface area contributed by atoms with Crippen LogP contribution in [0.1, 0.15) is 32.0 Å². The first-order valence-electron chi connectivity index (χ1n) is 5.93. The van der Waals surface area contributed by atoms with Gasteiger partial charge in [0, 0.05) is 22.9 Å². The number of aromatic hydroxyl groups is 1. The van der Waals surface area contributed by atoms with Crippen molar-refractivity contribution in [3.8, 4) is 5.75 Å². The third-order valence-electron chi connectivity index (χ3n) is 2.69. The summed E-state index contributed by atoms with van der Waals surface area (Å²) < 4.78 is 0. The number of anilines is 1. The average molecular weight is 262 g/mol. The second-order valence-corrected chi connectivity index (χ2v) is 6.13. The van der Waals surface area contributed by atoms with Crippen LogP contribution in [0.15, 0.2) is 29.6 Å². The Morgan fingerprint density at radius 3 is 2.61 bits per heavy atom. The molecule has 0 atom stereocenters. The fraction of sp³-hybridized carbons (Fsp3) is 0.357. The zero-order chi connectivity index (χ0) is 13.2. The lowest BCUT2D eigenvalue weighted by molar-refractivity contribution is 0.469. The summed E-state index contributed by atoms with van der Waals surface area (Å²) in [6.07, 6.45) is 0. The summed E-state index contributed by atoms with van der Waals surface area (Å²) in [5.41, 5.74) is 2.04. The van der Waals surface area contributed by atoms with Crippen LogP contribution in [0.4, 0.5) is 5.13 Å². The summed E-state index contributed by atoms with van der Waals surface area (Å²) in [7, 11) is 0. The van der Waals surface area contributed by atoms with Crippen molar-refractivity contribution in [3.63, 3.8) is 0 Å². The summed E-state index contributed by atoms with van der Waals surface area (Å²) >= 11 is 1.60. The van der Waals surface area contributed by atoms with Gasteiger partial charge in [-0.3, -0.25) is 0 Å². The van der Waals surface area contributed by atoms with Gasteiger partial charge in [-0.25, -0.2) is 4.98 Å². The maximum absolute atomic E-state index is 9.67. The predicted molar refractivity (Wildman–Crippen MR) is 76.2 cm³/mol. The highest BCUT2D eigenvalue weighted by Crippen LogP contribution is 2.27. The van der Waals surface area contributed by atoms with Gasteiger partial charge in [-0.2, -0.15) is 0 Å². The monoisotopic (exact) mass is 262 g/mol. The van der Waals surface area contributed by atoms with Crippen molar-refractivity contribution in [2.75, 3.05) is 5.32 Å². The Bertz CT molecular complexity index is 529. The maximum Gasteiger partial charge on any atom is 0.183 e. The Labute approximate surface area is 112 Å². The smallest absolute Gasteiger partial charge is 0.183 e. The van der Waals surface area contributed by atoms with Crippen molar-refractivity contribution in [2.24, 2.45) is 0 Å². The second-order valence-electron chi connectivity index (χ2n) is 5.27. The number of nitrogens with zero attached hydrogens (tertiary/aromatic N) is 1. The number of benzene rings is 1. The summed E-state index contributed by atoms with van der Waals surface area (Å²) in [5.74, 6) is 0.317. The number of aromatic nitrogens is 1. The third kappa shape index (κ3) is 3.01. The van der Waals surface area contributed by atoms with Crippen LogP contribution in [0.25, 0.3) is 0 Å². The van der Waals surface area contributed by atoms with E-state index in [-0.39, 0.29) is 5.41 Å². The summed E-state index contributed by atoms with van der Waals surface area (Å²) in [5, 5.41) is 15.9. The second kappa shape index (κ2) is 4.98. The van der Waals surface area contributed by atoms with Crippen LogP contribution in [-0.4, -0.2) is 10.1 Å². The molecule has 0 fully saturated rings. The molecule has 1 heterocycles. The van der Waals surface area contributed by atoms with Crippen LogP contribution in [-0.2, 0) is 12.0 Å². The number of phenols is 1. The van der Waals surface area contributed by atoms with E-state index >= 15 is 0 Å². The van der Waals surface area contributed by atoms with E-state index < -0.39 is 0 Å². The molecule has 1 aromatic carbocycles. The SMILES string of the molecule is CC(C)(C)c1csc(NCc2ccccc2O)n1. The Kier molecular flexibility index (Phi) is 3.57. The Morgan fingerprint density at radius 2 is 2.00 bits per heavy atom. The van der Waals surface area contributed by atoms with Crippen LogP contribution in [0.2, 0.25) is 0 Å². The van der Waals surface area contributed by atoms with Gasteiger partial charge in [0.15, 0.2) is 5.13 Å². The molecular formula is C14H18N2OS. The Balaban J connectivity index is 2.03. The summed E-state index contributed by atoms with van der Waals surface area (Å²) in [4.78, 5) is 4.55. The molecule has 2 N–H and O–H groups in total. The molecule has 0 aliphatic rings. The van der Waals surface area contributed by atoms with Crippen LogP contribution < -0.4 is 5.32 Å². The zero-order valence-electron chi connectivity index (χ0n) is 10.9. The maximum atomic E-state index is 9.67. The minimum absolute atomic E-state index is 0.0747. The van der Waals surface area contributed by atoms with Crippen molar-refractivity contribution >= 4 is 16.5 Å². The van der Waals surface area contributed by atoms with Gasteiger partial charge in [-0.05, 0) is 6.07 Å². The normalized spacial score (nSPS) is 11.5. The number of rotatable bonds is 3. The number of nitrogens with one attached hydrogen (secondary N) is 1. The minimum atomic E-state index is 0.0747. The minimum Gasteiger partial charge on any atom is -0.508 e. The highest BCUT2D eigenvalue weighted by Gasteiger charge is 2.17. The molecule has 1 aromatic heterocycles. The lowest BCUT2D eigenvalue weighted by atomic mass is 9.93. The van der Waals surface area contributed by atoms with E-state index in [2.05, 4.69) is 36.5 Å². The van der Waals surface area contributed by atoms with Crippen LogP contribution in [0, 0.1) is 0 Å². The Morgan fingerprint density at radius 1 is 1.28 bits per heavy atom. The molecule has 0 radical (unpaired) electrons. The highest BCUT2D eigenvalue weighted by molar-refractivity contribution is 7.13. The van der Waals surface area contributed by atoms with Gasteiger partial charge >= 0.3 is 0 Å². The first kappa shape index (κ1) is 12.9. The van der Waals surface area contributed by atoms with E-state index in [9.17, 15) is 5.11 Å². The van der Waals surface area contributed by atoms with Crippen molar-refractivity contribution in [1.82, 2.24) is 4.98 Å². The van der Waals surface area contributed by atoms with Gasteiger partial charge < -0.3 is 10.4 Å². The number of hydrogen-bond donors (Lipinski definition) is 2. The lowest BCUT2D eigenvalue weighted by Crippen LogP contribution is -2.11. The van der Waals surface area contributed by atoms with Gasteiger partial charge in [0.2, 0.25) is 0 Å². The van der Waals surface area contributed by atoms with E-state index in [1.165, 1.54) is 0 Å². The molecule has 3 nitrogen and oxygen atoms in total. The van der Waals surface area contributed by atoms with Crippen molar-refractivity contribution < 1.29 is 5.11 Å². The molecule has 4 heteroatoms. The van der Waals surface area contributed by atoms with Crippen molar-refractivity contribution in [1.29, 1.82) is 0 Å². The van der Waals surface area contributed by atoms with Crippen LogP contribution in [0.3, 0.4) is 0 Å². The molecule has 2 rings (SSSR count). The van der Waals surface area contributed by atoms with Gasteiger partial charge in [0.25, 0.3) is 0 Å². The molecular weight excluding hydrogens is 244 g/mol. The molecule has 0 aliphatic carbocycles.